The van der Waals surface area contributed by atoms with Gasteiger partial charge in [0.1, 0.15) is 17.4 Å². The summed E-state index contributed by atoms with van der Waals surface area (Å²) in [5.41, 5.74) is 0.823. The summed E-state index contributed by atoms with van der Waals surface area (Å²) in [6.45, 7) is 1.03. The van der Waals surface area contributed by atoms with Crippen LogP contribution in [0, 0.1) is 0 Å². The number of hydrogen-bond donors (Lipinski definition) is 0. The van der Waals surface area contributed by atoms with Crippen molar-refractivity contribution >= 4 is 28.6 Å². The van der Waals surface area contributed by atoms with E-state index in [9.17, 15) is 4.79 Å². The van der Waals surface area contributed by atoms with Crippen LogP contribution in [-0.2, 0) is 11.2 Å². The molecule has 0 spiro atoms. The van der Waals surface area contributed by atoms with Crippen LogP contribution in [0.3, 0.4) is 0 Å². The first kappa shape index (κ1) is 16.7. The summed E-state index contributed by atoms with van der Waals surface area (Å²) in [6, 6.07) is 13.7. The summed E-state index contributed by atoms with van der Waals surface area (Å²) in [4.78, 5) is 19.7. The molecule has 0 bridgehead atoms. The topological polar surface area (TPSA) is 42.4 Å². The maximum atomic E-state index is 12.3. The van der Waals surface area contributed by atoms with Crippen molar-refractivity contribution in [3.8, 4) is 15.6 Å². The zero-order chi connectivity index (χ0) is 16.8. The number of hydrogen-bond acceptors (Lipinski definition) is 5. The molecule has 1 amide bonds. The number of amides is 1. The van der Waals surface area contributed by atoms with E-state index in [-0.39, 0.29) is 5.91 Å². The largest absolute Gasteiger partial charge is 0.492 e. The molecule has 0 atom stereocenters. The lowest BCUT2D eigenvalue weighted by Crippen LogP contribution is -2.32. The number of thiophene rings is 1. The van der Waals surface area contributed by atoms with Crippen molar-refractivity contribution in [1.29, 1.82) is 0 Å². The molecule has 124 valence electrons. The Morgan fingerprint density at radius 2 is 2.00 bits per heavy atom. The Morgan fingerprint density at radius 1 is 1.17 bits per heavy atom. The third kappa shape index (κ3) is 4.43. The fraction of sp³-hybridized carbons (Fsp3) is 0.222. The van der Waals surface area contributed by atoms with Crippen LogP contribution >= 0.6 is 22.7 Å². The van der Waals surface area contributed by atoms with Crippen LogP contribution in [0.2, 0.25) is 0 Å². The highest BCUT2D eigenvalue weighted by molar-refractivity contribution is 7.20. The van der Waals surface area contributed by atoms with Gasteiger partial charge in [0.15, 0.2) is 0 Å². The Hall–Kier alpha value is -2.18. The number of aromatic nitrogens is 1. The fourth-order valence-electron chi connectivity index (χ4n) is 2.13. The number of benzene rings is 1. The van der Waals surface area contributed by atoms with Crippen molar-refractivity contribution in [2.45, 2.75) is 6.42 Å². The molecule has 2 aromatic heterocycles. The van der Waals surface area contributed by atoms with Crippen LogP contribution in [-0.4, -0.2) is 36.0 Å². The lowest BCUT2D eigenvalue weighted by Gasteiger charge is -2.17. The van der Waals surface area contributed by atoms with Crippen LogP contribution in [0.5, 0.6) is 5.75 Å². The minimum Gasteiger partial charge on any atom is -0.492 e. The predicted molar refractivity (Wildman–Crippen MR) is 98.7 cm³/mol. The number of ether oxygens (including phenoxy) is 1. The molecule has 3 aromatic rings. The van der Waals surface area contributed by atoms with Gasteiger partial charge in [0.25, 0.3) is 0 Å². The molecular weight excluding hydrogens is 340 g/mol. The second kappa shape index (κ2) is 8.08. The molecule has 24 heavy (non-hydrogen) atoms. The van der Waals surface area contributed by atoms with Crippen molar-refractivity contribution in [3.63, 3.8) is 0 Å². The third-order valence-corrected chi connectivity index (χ3v) is 5.41. The highest BCUT2D eigenvalue weighted by Crippen LogP contribution is 2.27. The maximum Gasteiger partial charge on any atom is 0.228 e. The zero-order valence-corrected chi connectivity index (χ0v) is 15.0. The number of thiazole rings is 1. The fourth-order valence-corrected chi connectivity index (χ4v) is 3.77. The minimum absolute atomic E-state index is 0.0506. The van der Waals surface area contributed by atoms with Gasteiger partial charge in [0.05, 0.1) is 23.5 Å². The van der Waals surface area contributed by atoms with Crippen molar-refractivity contribution < 1.29 is 9.53 Å². The molecule has 0 aliphatic heterocycles. The first-order chi connectivity index (χ1) is 11.7. The Balaban J connectivity index is 1.47. The smallest absolute Gasteiger partial charge is 0.228 e. The summed E-state index contributed by atoms with van der Waals surface area (Å²) < 4.78 is 5.62. The normalized spacial score (nSPS) is 10.5. The van der Waals surface area contributed by atoms with Gasteiger partial charge in [0, 0.05) is 12.4 Å². The summed E-state index contributed by atoms with van der Waals surface area (Å²) in [7, 11) is 1.79. The third-order valence-electron chi connectivity index (χ3n) is 3.48. The standard InChI is InChI=1S/C18H18N2O2S2/c1-20(9-10-22-15-6-3-2-4-7-15)17(21)12-14-13-24-18(19-14)16-8-5-11-23-16/h2-8,11,13H,9-10,12H2,1H3. The van der Waals surface area contributed by atoms with Crippen LogP contribution in [0.15, 0.2) is 53.2 Å². The molecule has 4 nitrogen and oxygen atoms in total. The SMILES string of the molecule is CN(CCOc1ccccc1)C(=O)Cc1csc(-c2cccs2)n1. The van der Waals surface area contributed by atoms with Gasteiger partial charge in [-0.3, -0.25) is 4.79 Å². The molecule has 0 radical (unpaired) electrons. The first-order valence-corrected chi connectivity index (χ1v) is 9.38. The van der Waals surface area contributed by atoms with Gasteiger partial charge < -0.3 is 9.64 Å². The van der Waals surface area contributed by atoms with Gasteiger partial charge >= 0.3 is 0 Å². The molecule has 6 heteroatoms. The Kier molecular flexibility index (Phi) is 5.61. The summed E-state index contributed by atoms with van der Waals surface area (Å²) in [5, 5.41) is 4.96. The number of rotatable bonds is 7. The molecule has 2 heterocycles. The van der Waals surface area contributed by atoms with E-state index < -0.39 is 0 Å². The Bertz CT molecular complexity index is 769. The van der Waals surface area contributed by atoms with Crippen molar-refractivity contribution in [2.24, 2.45) is 0 Å². The number of para-hydroxylation sites is 1. The maximum absolute atomic E-state index is 12.3. The van der Waals surface area contributed by atoms with Crippen molar-refractivity contribution in [1.82, 2.24) is 9.88 Å². The van der Waals surface area contributed by atoms with E-state index in [1.807, 2.05) is 53.2 Å². The molecule has 0 saturated heterocycles. The highest BCUT2D eigenvalue weighted by Gasteiger charge is 2.13. The lowest BCUT2D eigenvalue weighted by atomic mass is 10.3. The van der Waals surface area contributed by atoms with E-state index in [1.165, 1.54) is 0 Å². The monoisotopic (exact) mass is 358 g/mol. The number of likely N-dealkylation sites (N-methyl/N-ethyl adjacent to an activating group) is 1. The van der Waals surface area contributed by atoms with Crippen molar-refractivity contribution in [2.75, 3.05) is 20.2 Å². The van der Waals surface area contributed by atoms with Crippen LogP contribution in [0.25, 0.3) is 9.88 Å². The minimum atomic E-state index is 0.0506. The highest BCUT2D eigenvalue weighted by atomic mass is 32.1. The van der Waals surface area contributed by atoms with Gasteiger partial charge in [-0.05, 0) is 23.6 Å². The van der Waals surface area contributed by atoms with Crippen LogP contribution < -0.4 is 4.74 Å². The lowest BCUT2D eigenvalue weighted by molar-refractivity contribution is -0.129. The van der Waals surface area contributed by atoms with Gasteiger partial charge in [-0.1, -0.05) is 24.3 Å². The molecule has 3 rings (SSSR count). The number of carbonyl (C=O) groups is 1. The summed E-state index contributed by atoms with van der Waals surface area (Å²) in [5.74, 6) is 0.869. The first-order valence-electron chi connectivity index (χ1n) is 7.62. The van der Waals surface area contributed by atoms with E-state index in [0.29, 0.717) is 19.6 Å². The molecule has 0 aliphatic carbocycles. The number of carbonyl (C=O) groups excluding carboxylic acids is 1. The molecule has 1 aromatic carbocycles. The zero-order valence-electron chi connectivity index (χ0n) is 13.3. The Morgan fingerprint density at radius 3 is 2.75 bits per heavy atom. The van der Waals surface area contributed by atoms with Crippen LogP contribution in [0.1, 0.15) is 5.69 Å². The second-order valence-electron chi connectivity index (χ2n) is 5.27. The van der Waals surface area contributed by atoms with E-state index in [4.69, 9.17) is 4.74 Å². The molecule has 0 aliphatic rings. The van der Waals surface area contributed by atoms with E-state index in [1.54, 1.807) is 34.6 Å². The van der Waals surface area contributed by atoms with Gasteiger partial charge in [-0.2, -0.15) is 0 Å². The quantitative estimate of drug-likeness (QED) is 0.642. The van der Waals surface area contributed by atoms with Crippen LogP contribution in [0.4, 0.5) is 0 Å². The second-order valence-corrected chi connectivity index (χ2v) is 7.08. The van der Waals surface area contributed by atoms with Gasteiger partial charge in [0.2, 0.25) is 5.91 Å². The molecular formula is C18H18N2O2S2. The molecule has 0 saturated carbocycles. The van der Waals surface area contributed by atoms with E-state index in [0.717, 1.165) is 21.3 Å². The average Bonchev–Trinajstić information content (AvgIpc) is 3.27. The molecule has 0 N–H and O–H groups in total. The summed E-state index contributed by atoms with van der Waals surface area (Å²) >= 11 is 3.24. The van der Waals surface area contributed by atoms with E-state index >= 15 is 0 Å². The van der Waals surface area contributed by atoms with E-state index in [2.05, 4.69) is 4.98 Å². The van der Waals surface area contributed by atoms with Gasteiger partial charge in [-0.25, -0.2) is 4.98 Å². The number of nitrogens with zero attached hydrogens (tertiary/aromatic N) is 2. The molecule has 0 unspecified atom stereocenters. The Labute approximate surface area is 149 Å². The predicted octanol–water partition coefficient (Wildman–Crippen LogP) is 3.95. The summed E-state index contributed by atoms with van der Waals surface area (Å²) in [6.07, 6.45) is 0.323. The van der Waals surface area contributed by atoms with Gasteiger partial charge in [-0.15, -0.1) is 22.7 Å². The molecule has 0 fully saturated rings. The van der Waals surface area contributed by atoms with Crippen molar-refractivity contribution in [3.05, 3.63) is 58.9 Å². The average molecular weight is 358 g/mol.